The van der Waals surface area contributed by atoms with Gasteiger partial charge in [-0.15, -0.1) is 0 Å². The van der Waals surface area contributed by atoms with E-state index in [1.807, 2.05) is 0 Å². The van der Waals surface area contributed by atoms with E-state index in [9.17, 15) is 15.0 Å². The lowest BCUT2D eigenvalue weighted by Crippen LogP contribution is -2.38. The number of fused-ring (bicyclic) bond motifs is 1. The first-order valence-corrected chi connectivity index (χ1v) is 7.49. The molecule has 23 heavy (non-hydrogen) atoms. The van der Waals surface area contributed by atoms with Crippen LogP contribution in [0.5, 0.6) is 11.5 Å². The molecule has 128 valence electrons. The Hall–Kier alpha value is -1.99. The fourth-order valence-electron chi connectivity index (χ4n) is 2.08. The Morgan fingerprint density at radius 1 is 1.26 bits per heavy atom. The number of hydrogen-bond acceptors (Lipinski definition) is 6. The van der Waals surface area contributed by atoms with E-state index >= 15 is 0 Å². The predicted molar refractivity (Wildman–Crippen MR) is 82.6 cm³/mol. The van der Waals surface area contributed by atoms with Crippen LogP contribution < -0.4 is 14.8 Å². The largest absolute Gasteiger partial charge is 0.486 e. The number of carbonyl (C=O) groups excluding carboxylic acids is 1. The Morgan fingerprint density at radius 3 is 2.57 bits per heavy atom. The average molecular weight is 325 g/mol. The van der Waals surface area contributed by atoms with Crippen molar-refractivity contribution in [2.24, 2.45) is 0 Å². The van der Waals surface area contributed by atoms with Crippen LogP contribution in [0.15, 0.2) is 18.2 Å². The molecule has 7 heteroatoms. The van der Waals surface area contributed by atoms with E-state index in [4.69, 9.17) is 14.2 Å². The van der Waals surface area contributed by atoms with Crippen LogP contribution in [0.2, 0.25) is 0 Å². The lowest BCUT2D eigenvalue weighted by Gasteiger charge is -2.23. The standard InChI is InChI=1S/C16H23NO6/c1-16(2,3)23-15(20)17-9-11(18)14(19)10-4-5-12-13(8-10)22-7-6-21-12/h4-5,8,11,14,18-19H,6-7,9H2,1-3H3,(H,17,20). The summed E-state index contributed by atoms with van der Waals surface area (Å²) >= 11 is 0. The summed E-state index contributed by atoms with van der Waals surface area (Å²) in [4.78, 5) is 11.6. The van der Waals surface area contributed by atoms with Crippen LogP contribution in [0, 0.1) is 0 Å². The third-order valence-electron chi connectivity index (χ3n) is 3.13. The number of alkyl carbamates (subject to hydrolysis) is 1. The molecule has 2 atom stereocenters. The van der Waals surface area contributed by atoms with E-state index in [0.717, 1.165) is 0 Å². The molecule has 2 rings (SSSR count). The second kappa shape index (κ2) is 7.06. The molecule has 0 spiro atoms. The molecule has 0 aliphatic carbocycles. The molecular weight excluding hydrogens is 302 g/mol. The van der Waals surface area contributed by atoms with Crippen molar-refractivity contribution in [3.05, 3.63) is 23.8 Å². The van der Waals surface area contributed by atoms with Crippen LogP contribution in [0.1, 0.15) is 32.4 Å². The highest BCUT2D eigenvalue weighted by atomic mass is 16.6. The maximum Gasteiger partial charge on any atom is 0.407 e. The summed E-state index contributed by atoms with van der Waals surface area (Å²) in [7, 11) is 0. The van der Waals surface area contributed by atoms with Crippen LogP contribution in [-0.4, -0.2) is 47.8 Å². The van der Waals surface area contributed by atoms with Crippen molar-refractivity contribution in [3.63, 3.8) is 0 Å². The number of aliphatic hydroxyl groups is 2. The highest BCUT2D eigenvalue weighted by molar-refractivity contribution is 5.67. The number of aliphatic hydroxyl groups excluding tert-OH is 2. The van der Waals surface area contributed by atoms with E-state index in [1.54, 1.807) is 39.0 Å². The molecule has 2 unspecified atom stereocenters. The molecule has 7 nitrogen and oxygen atoms in total. The maximum absolute atomic E-state index is 11.6. The average Bonchev–Trinajstić information content (AvgIpc) is 2.49. The molecule has 1 aromatic carbocycles. The fourth-order valence-corrected chi connectivity index (χ4v) is 2.08. The second-order valence-corrected chi connectivity index (χ2v) is 6.30. The molecule has 0 saturated carbocycles. The van der Waals surface area contributed by atoms with Gasteiger partial charge in [-0.05, 0) is 38.5 Å². The first kappa shape index (κ1) is 17.4. The molecule has 1 aromatic rings. The molecule has 1 amide bonds. The van der Waals surface area contributed by atoms with Gasteiger partial charge >= 0.3 is 6.09 Å². The molecule has 0 radical (unpaired) electrons. The number of nitrogens with one attached hydrogen (secondary N) is 1. The zero-order chi connectivity index (χ0) is 17.0. The van der Waals surface area contributed by atoms with Gasteiger partial charge in [0.15, 0.2) is 11.5 Å². The van der Waals surface area contributed by atoms with Crippen molar-refractivity contribution in [1.29, 1.82) is 0 Å². The summed E-state index contributed by atoms with van der Waals surface area (Å²) < 4.78 is 15.9. The maximum atomic E-state index is 11.6. The van der Waals surface area contributed by atoms with Crippen LogP contribution in [0.4, 0.5) is 4.79 Å². The quantitative estimate of drug-likeness (QED) is 0.774. The molecule has 1 aliphatic heterocycles. The summed E-state index contributed by atoms with van der Waals surface area (Å²) in [5.41, 5.74) is -0.142. The van der Waals surface area contributed by atoms with Crippen molar-refractivity contribution in [2.75, 3.05) is 19.8 Å². The topological polar surface area (TPSA) is 97.3 Å². The van der Waals surface area contributed by atoms with Gasteiger partial charge in [0.25, 0.3) is 0 Å². The van der Waals surface area contributed by atoms with E-state index in [1.165, 1.54) is 0 Å². The van der Waals surface area contributed by atoms with Gasteiger partial charge < -0.3 is 29.7 Å². The SMILES string of the molecule is CC(C)(C)OC(=O)NCC(O)C(O)c1ccc2c(c1)OCCO2. The Kier molecular flexibility index (Phi) is 5.33. The Balaban J connectivity index is 1.92. The highest BCUT2D eigenvalue weighted by Gasteiger charge is 2.23. The third kappa shape index (κ3) is 5.01. The van der Waals surface area contributed by atoms with E-state index in [0.29, 0.717) is 30.3 Å². The molecule has 0 fully saturated rings. The lowest BCUT2D eigenvalue weighted by atomic mass is 10.0. The number of rotatable bonds is 4. The summed E-state index contributed by atoms with van der Waals surface area (Å²) in [6.07, 6.45) is -2.99. The van der Waals surface area contributed by atoms with Crippen molar-refractivity contribution in [3.8, 4) is 11.5 Å². The number of hydrogen-bond donors (Lipinski definition) is 3. The molecule has 1 heterocycles. The summed E-state index contributed by atoms with van der Waals surface area (Å²) in [5.74, 6) is 1.13. The predicted octanol–water partition coefficient (Wildman–Crippen LogP) is 1.38. The van der Waals surface area contributed by atoms with Crippen LogP contribution in [-0.2, 0) is 4.74 Å². The molecule has 0 bridgehead atoms. The number of amides is 1. The zero-order valence-electron chi connectivity index (χ0n) is 13.5. The van der Waals surface area contributed by atoms with Crippen molar-refractivity contribution >= 4 is 6.09 Å². The van der Waals surface area contributed by atoms with Crippen molar-refractivity contribution < 1.29 is 29.2 Å². The molecule has 0 saturated heterocycles. The Labute approximate surface area is 135 Å². The monoisotopic (exact) mass is 325 g/mol. The lowest BCUT2D eigenvalue weighted by molar-refractivity contribution is 0.0127. The van der Waals surface area contributed by atoms with Crippen molar-refractivity contribution in [1.82, 2.24) is 5.32 Å². The van der Waals surface area contributed by atoms with Gasteiger partial charge in [0, 0.05) is 6.54 Å². The van der Waals surface area contributed by atoms with Gasteiger partial charge in [-0.2, -0.15) is 0 Å². The van der Waals surface area contributed by atoms with Gasteiger partial charge in [-0.3, -0.25) is 0 Å². The van der Waals surface area contributed by atoms with E-state index in [2.05, 4.69) is 5.32 Å². The Morgan fingerprint density at radius 2 is 1.91 bits per heavy atom. The minimum Gasteiger partial charge on any atom is -0.486 e. The first-order valence-electron chi connectivity index (χ1n) is 7.49. The number of carbonyl (C=O) groups is 1. The minimum absolute atomic E-state index is 0.134. The summed E-state index contributed by atoms with van der Waals surface area (Å²) in [6, 6.07) is 4.95. The van der Waals surface area contributed by atoms with Gasteiger partial charge in [0.2, 0.25) is 0 Å². The zero-order valence-corrected chi connectivity index (χ0v) is 13.5. The van der Waals surface area contributed by atoms with Crippen LogP contribution >= 0.6 is 0 Å². The Bertz CT molecular complexity index is 554. The summed E-state index contributed by atoms with van der Waals surface area (Å²) in [5, 5.41) is 22.7. The minimum atomic E-state index is -1.18. The number of ether oxygens (including phenoxy) is 3. The van der Waals surface area contributed by atoms with Crippen LogP contribution in [0.25, 0.3) is 0 Å². The van der Waals surface area contributed by atoms with Gasteiger partial charge in [0.1, 0.15) is 31.0 Å². The van der Waals surface area contributed by atoms with Gasteiger partial charge in [-0.1, -0.05) is 6.07 Å². The molecule has 1 aliphatic rings. The van der Waals surface area contributed by atoms with Crippen molar-refractivity contribution in [2.45, 2.75) is 38.6 Å². The van der Waals surface area contributed by atoms with Crippen LogP contribution in [0.3, 0.4) is 0 Å². The third-order valence-corrected chi connectivity index (χ3v) is 3.13. The van der Waals surface area contributed by atoms with E-state index in [-0.39, 0.29) is 6.54 Å². The molecule has 0 aromatic heterocycles. The molecular formula is C16H23NO6. The fraction of sp³-hybridized carbons (Fsp3) is 0.562. The molecule has 3 N–H and O–H groups in total. The normalized spacial score (nSPS) is 16.4. The second-order valence-electron chi connectivity index (χ2n) is 6.30. The van der Waals surface area contributed by atoms with E-state index < -0.39 is 23.9 Å². The first-order chi connectivity index (χ1) is 10.8. The van der Waals surface area contributed by atoms with Gasteiger partial charge in [-0.25, -0.2) is 4.79 Å². The highest BCUT2D eigenvalue weighted by Crippen LogP contribution is 2.33. The van der Waals surface area contributed by atoms with Gasteiger partial charge in [0.05, 0.1) is 0 Å². The smallest absolute Gasteiger partial charge is 0.407 e. The summed E-state index contributed by atoms with van der Waals surface area (Å²) in [6.45, 7) is 6.02. The number of benzene rings is 1.